The van der Waals surface area contributed by atoms with Crippen LogP contribution in [0.2, 0.25) is 0 Å². The van der Waals surface area contributed by atoms with Crippen LogP contribution in [-0.2, 0) is 0 Å². The largest absolute Gasteiger partial charge is 0.315 e. The van der Waals surface area contributed by atoms with Crippen LogP contribution < -0.4 is 5.32 Å². The van der Waals surface area contributed by atoms with Crippen LogP contribution in [0.15, 0.2) is 12.7 Å². The maximum absolute atomic E-state index is 3.81. The molecule has 1 aliphatic heterocycles. The molecule has 1 rings (SSSR count). The van der Waals surface area contributed by atoms with E-state index in [-0.39, 0.29) is 0 Å². The van der Waals surface area contributed by atoms with Gasteiger partial charge in [0, 0.05) is 18.6 Å². The summed E-state index contributed by atoms with van der Waals surface area (Å²) in [7, 11) is 6.56. The number of allylic oxidation sites excluding steroid dienone is 1. The molecule has 0 bridgehead atoms. The second kappa shape index (κ2) is 7.05. The third kappa shape index (κ3) is 3.89. The zero-order valence-corrected chi connectivity index (χ0v) is 11.1. The SMILES string of the molecule is C=CCCC(NC)C1CN(C)CCCN1C. The summed E-state index contributed by atoms with van der Waals surface area (Å²) in [4.78, 5) is 4.96. The molecule has 2 atom stereocenters. The third-order valence-electron chi connectivity index (χ3n) is 3.63. The van der Waals surface area contributed by atoms with Crippen molar-refractivity contribution in [3.63, 3.8) is 0 Å². The molecule has 3 nitrogen and oxygen atoms in total. The maximum Gasteiger partial charge on any atom is 0.0373 e. The van der Waals surface area contributed by atoms with Gasteiger partial charge >= 0.3 is 0 Å². The molecular weight excluding hydrogens is 198 g/mol. The molecule has 0 saturated carbocycles. The minimum atomic E-state index is 0.573. The third-order valence-corrected chi connectivity index (χ3v) is 3.63. The molecule has 1 fully saturated rings. The van der Waals surface area contributed by atoms with E-state index in [4.69, 9.17) is 0 Å². The molecule has 0 radical (unpaired) electrons. The number of rotatable bonds is 5. The Morgan fingerprint density at radius 1 is 1.44 bits per heavy atom. The Labute approximate surface area is 100 Å². The lowest BCUT2D eigenvalue weighted by atomic mass is 10.0. The van der Waals surface area contributed by atoms with E-state index >= 15 is 0 Å². The maximum atomic E-state index is 3.81. The zero-order valence-electron chi connectivity index (χ0n) is 11.1. The van der Waals surface area contributed by atoms with Crippen molar-refractivity contribution in [3.8, 4) is 0 Å². The van der Waals surface area contributed by atoms with Crippen molar-refractivity contribution >= 4 is 0 Å². The quantitative estimate of drug-likeness (QED) is 0.709. The molecule has 3 heteroatoms. The number of hydrogen-bond donors (Lipinski definition) is 1. The van der Waals surface area contributed by atoms with E-state index in [9.17, 15) is 0 Å². The Bertz CT molecular complexity index is 205. The Morgan fingerprint density at radius 2 is 2.19 bits per heavy atom. The fraction of sp³-hybridized carbons (Fsp3) is 0.846. The molecule has 0 amide bonds. The van der Waals surface area contributed by atoms with Gasteiger partial charge in [-0.1, -0.05) is 6.08 Å². The van der Waals surface area contributed by atoms with E-state index in [2.05, 4.69) is 42.8 Å². The molecule has 0 aromatic carbocycles. The molecule has 1 aliphatic rings. The number of nitrogens with one attached hydrogen (secondary N) is 1. The van der Waals surface area contributed by atoms with Crippen LogP contribution in [-0.4, -0.2) is 62.7 Å². The van der Waals surface area contributed by atoms with Gasteiger partial charge in [-0.25, -0.2) is 0 Å². The fourth-order valence-electron chi connectivity index (χ4n) is 2.57. The van der Waals surface area contributed by atoms with Crippen molar-refractivity contribution in [1.82, 2.24) is 15.1 Å². The van der Waals surface area contributed by atoms with Gasteiger partial charge < -0.3 is 15.1 Å². The van der Waals surface area contributed by atoms with Crippen LogP contribution in [0.3, 0.4) is 0 Å². The Kier molecular flexibility index (Phi) is 6.03. The van der Waals surface area contributed by atoms with E-state index in [1.807, 2.05) is 6.08 Å². The van der Waals surface area contributed by atoms with Crippen LogP contribution in [0.25, 0.3) is 0 Å². The normalized spacial score (nSPS) is 26.3. The van der Waals surface area contributed by atoms with Crippen LogP contribution in [0.1, 0.15) is 19.3 Å². The molecule has 1 saturated heterocycles. The summed E-state index contributed by atoms with van der Waals surface area (Å²) in [6.45, 7) is 7.41. The topological polar surface area (TPSA) is 18.5 Å². The lowest BCUT2D eigenvalue weighted by Gasteiger charge is -2.34. The molecule has 1 N–H and O–H groups in total. The monoisotopic (exact) mass is 225 g/mol. The first-order valence-electron chi connectivity index (χ1n) is 6.36. The highest BCUT2D eigenvalue weighted by atomic mass is 15.2. The molecule has 0 aliphatic carbocycles. The summed E-state index contributed by atoms with van der Waals surface area (Å²) in [5.41, 5.74) is 0. The Morgan fingerprint density at radius 3 is 2.81 bits per heavy atom. The van der Waals surface area contributed by atoms with Gasteiger partial charge in [0.1, 0.15) is 0 Å². The zero-order chi connectivity index (χ0) is 12.0. The smallest absolute Gasteiger partial charge is 0.0373 e. The summed E-state index contributed by atoms with van der Waals surface area (Å²) in [5, 5.41) is 3.47. The lowest BCUT2D eigenvalue weighted by Crippen LogP contribution is -2.51. The first-order chi connectivity index (χ1) is 7.69. The van der Waals surface area contributed by atoms with Crippen molar-refractivity contribution in [2.24, 2.45) is 0 Å². The molecule has 2 unspecified atom stereocenters. The fourth-order valence-corrected chi connectivity index (χ4v) is 2.57. The van der Waals surface area contributed by atoms with E-state index in [1.165, 1.54) is 32.5 Å². The Balaban J connectivity index is 2.59. The molecule has 0 spiro atoms. The predicted octanol–water partition coefficient (Wildman–Crippen LogP) is 1.18. The highest BCUT2D eigenvalue weighted by Crippen LogP contribution is 2.13. The van der Waals surface area contributed by atoms with E-state index in [1.54, 1.807) is 0 Å². The van der Waals surface area contributed by atoms with Crippen LogP contribution in [0.4, 0.5) is 0 Å². The minimum absolute atomic E-state index is 0.573. The summed E-state index contributed by atoms with van der Waals surface area (Å²) in [6.07, 6.45) is 5.58. The highest BCUT2D eigenvalue weighted by molar-refractivity contribution is 4.88. The number of hydrogen-bond acceptors (Lipinski definition) is 3. The Hall–Kier alpha value is -0.380. The highest BCUT2D eigenvalue weighted by Gasteiger charge is 2.26. The van der Waals surface area contributed by atoms with Crippen LogP contribution in [0.5, 0.6) is 0 Å². The van der Waals surface area contributed by atoms with Crippen molar-refractivity contribution in [3.05, 3.63) is 12.7 Å². The average Bonchev–Trinajstić information content (AvgIpc) is 2.43. The van der Waals surface area contributed by atoms with Gasteiger partial charge in [0.2, 0.25) is 0 Å². The average molecular weight is 225 g/mol. The first kappa shape index (κ1) is 13.7. The van der Waals surface area contributed by atoms with Gasteiger partial charge in [-0.05, 0) is 53.5 Å². The second-order valence-corrected chi connectivity index (χ2v) is 4.92. The number of nitrogens with zero attached hydrogens (tertiary/aromatic N) is 2. The van der Waals surface area contributed by atoms with Crippen LogP contribution >= 0.6 is 0 Å². The molecule has 1 heterocycles. The van der Waals surface area contributed by atoms with E-state index in [0.29, 0.717) is 12.1 Å². The van der Waals surface area contributed by atoms with E-state index < -0.39 is 0 Å². The van der Waals surface area contributed by atoms with Gasteiger partial charge in [-0.2, -0.15) is 0 Å². The van der Waals surface area contributed by atoms with Crippen molar-refractivity contribution in [2.45, 2.75) is 31.3 Å². The van der Waals surface area contributed by atoms with Crippen LogP contribution in [0, 0.1) is 0 Å². The van der Waals surface area contributed by atoms with Gasteiger partial charge in [0.05, 0.1) is 0 Å². The molecule has 0 aromatic heterocycles. The van der Waals surface area contributed by atoms with E-state index in [0.717, 1.165) is 6.42 Å². The summed E-state index contributed by atoms with van der Waals surface area (Å²) in [5.74, 6) is 0. The molecular formula is C13H27N3. The summed E-state index contributed by atoms with van der Waals surface area (Å²) >= 11 is 0. The summed E-state index contributed by atoms with van der Waals surface area (Å²) < 4.78 is 0. The minimum Gasteiger partial charge on any atom is -0.315 e. The number of likely N-dealkylation sites (N-methyl/N-ethyl adjacent to an activating group) is 3. The van der Waals surface area contributed by atoms with Gasteiger partial charge in [-0.3, -0.25) is 0 Å². The molecule has 16 heavy (non-hydrogen) atoms. The van der Waals surface area contributed by atoms with Crippen molar-refractivity contribution in [2.75, 3.05) is 40.8 Å². The standard InChI is InChI=1S/C13H27N3/c1-5-6-8-12(14-2)13-11-15(3)9-7-10-16(13)4/h5,12-14H,1,6-11H2,2-4H3. The van der Waals surface area contributed by atoms with Crippen molar-refractivity contribution < 1.29 is 0 Å². The van der Waals surface area contributed by atoms with Crippen molar-refractivity contribution in [1.29, 1.82) is 0 Å². The summed E-state index contributed by atoms with van der Waals surface area (Å²) in [6, 6.07) is 1.20. The van der Waals surface area contributed by atoms with Gasteiger partial charge in [0.25, 0.3) is 0 Å². The predicted molar refractivity (Wildman–Crippen MR) is 70.8 cm³/mol. The first-order valence-corrected chi connectivity index (χ1v) is 6.36. The van der Waals surface area contributed by atoms with Gasteiger partial charge in [0.15, 0.2) is 0 Å². The second-order valence-electron chi connectivity index (χ2n) is 4.92. The molecule has 0 aromatic rings. The molecule has 94 valence electrons. The van der Waals surface area contributed by atoms with Gasteiger partial charge in [-0.15, -0.1) is 6.58 Å². The lowest BCUT2D eigenvalue weighted by molar-refractivity contribution is 0.177.